The molecule has 2 aromatic rings. The molecular formula is C16H15F3N2OS. The molecule has 1 aromatic carbocycles. The van der Waals surface area contributed by atoms with Gasteiger partial charge in [0, 0.05) is 18.8 Å². The second-order valence-electron chi connectivity index (χ2n) is 5.56. The Morgan fingerprint density at radius 3 is 2.78 bits per heavy atom. The summed E-state index contributed by atoms with van der Waals surface area (Å²) in [4.78, 5) is 13.4. The third kappa shape index (κ3) is 4.11. The summed E-state index contributed by atoms with van der Waals surface area (Å²) in [6.45, 7) is -0.489. The van der Waals surface area contributed by atoms with Gasteiger partial charge in [-0.3, -0.25) is 9.69 Å². The van der Waals surface area contributed by atoms with Crippen molar-refractivity contribution in [3.05, 3.63) is 51.7 Å². The number of hydrogen-bond acceptors (Lipinski definition) is 3. The smallest absolute Gasteiger partial charge is 0.325 e. The van der Waals surface area contributed by atoms with Crippen molar-refractivity contribution in [3.63, 3.8) is 0 Å². The Hall–Kier alpha value is -1.86. The van der Waals surface area contributed by atoms with Crippen LogP contribution in [0.15, 0.2) is 35.0 Å². The van der Waals surface area contributed by atoms with Crippen molar-refractivity contribution in [2.24, 2.45) is 0 Å². The number of halogens is 3. The number of benzene rings is 1. The van der Waals surface area contributed by atoms with Crippen molar-refractivity contribution >= 4 is 22.9 Å². The predicted octanol–water partition coefficient (Wildman–Crippen LogP) is 3.81. The average Bonchev–Trinajstić information content (AvgIpc) is 3.06. The molecule has 0 aliphatic carbocycles. The summed E-state index contributed by atoms with van der Waals surface area (Å²) in [5.74, 6) is -0.161. The second kappa shape index (κ2) is 6.33. The van der Waals surface area contributed by atoms with E-state index in [1.54, 1.807) is 18.2 Å². The summed E-state index contributed by atoms with van der Waals surface area (Å²) in [6.07, 6.45) is -3.95. The first-order chi connectivity index (χ1) is 10.9. The van der Waals surface area contributed by atoms with Crippen LogP contribution in [0.5, 0.6) is 0 Å². The van der Waals surface area contributed by atoms with Crippen molar-refractivity contribution in [2.75, 3.05) is 11.9 Å². The molecule has 1 aliphatic heterocycles. The van der Waals surface area contributed by atoms with Crippen LogP contribution in [0.4, 0.5) is 18.9 Å². The minimum Gasteiger partial charge on any atom is -0.325 e. The Labute approximate surface area is 135 Å². The van der Waals surface area contributed by atoms with Crippen LogP contribution >= 0.6 is 11.3 Å². The molecule has 0 bridgehead atoms. The van der Waals surface area contributed by atoms with Gasteiger partial charge in [-0.2, -0.15) is 24.5 Å². The second-order valence-corrected chi connectivity index (χ2v) is 6.34. The van der Waals surface area contributed by atoms with E-state index in [2.05, 4.69) is 5.32 Å². The van der Waals surface area contributed by atoms with Crippen molar-refractivity contribution in [2.45, 2.75) is 25.7 Å². The molecular weight excluding hydrogens is 325 g/mol. The van der Waals surface area contributed by atoms with Gasteiger partial charge in [-0.15, -0.1) is 0 Å². The first-order valence-electron chi connectivity index (χ1n) is 7.11. The summed E-state index contributed by atoms with van der Waals surface area (Å²) in [6, 6.07) is 7.18. The number of nitrogens with one attached hydrogen (secondary N) is 1. The van der Waals surface area contributed by atoms with Gasteiger partial charge in [0.2, 0.25) is 5.91 Å². The van der Waals surface area contributed by atoms with Gasteiger partial charge in [0.25, 0.3) is 0 Å². The van der Waals surface area contributed by atoms with Crippen molar-refractivity contribution in [1.82, 2.24) is 4.90 Å². The zero-order valence-electron chi connectivity index (χ0n) is 12.2. The number of hydrogen-bond donors (Lipinski definition) is 1. The van der Waals surface area contributed by atoms with Crippen molar-refractivity contribution in [1.29, 1.82) is 0 Å². The molecule has 0 unspecified atom stereocenters. The summed E-state index contributed by atoms with van der Waals surface area (Å²) < 4.78 is 37.6. The maximum absolute atomic E-state index is 12.5. The minimum atomic E-state index is -4.22. The van der Waals surface area contributed by atoms with Gasteiger partial charge in [0.05, 0.1) is 13.0 Å². The third-order valence-corrected chi connectivity index (χ3v) is 4.40. The summed E-state index contributed by atoms with van der Waals surface area (Å²) in [7, 11) is 0. The fourth-order valence-electron chi connectivity index (χ4n) is 2.75. The fraction of sp³-hybridized carbons (Fsp3) is 0.312. The predicted molar refractivity (Wildman–Crippen MR) is 83.3 cm³/mol. The lowest BCUT2D eigenvalue weighted by atomic mass is 10.1. The number of fused-ring (bicyclic) bond motifs is 1. The quantitative estimate of drug-likeness (QED) is 0.918. The summed E-state index contributed by atoms with van der Waals surface area (Å²) in [5.41, 5.74) is 3.14. The molecule has 0 radical (unpaired) electrons. The SMILES string of the molecule is O=C(Cc1ccsc1)Nc1cccc2c1CN(CC(F)(F)F)C2. The lowest BCUT2D eigenvalue weighted by molar-refractivity contribution is -0.147. The van der Waals surface area contributed by atoms with Gasteiger partial charge in [0.1, 0.15) is 0 Å². The van der Waals surface area contributed by atoms with Crippen LogP contribution in [0.2, 0.25) is 0 Å². The van der Waals surface area contributed by atoms with Gasteiger partial charge < -0.3 is 5.32 Å². The van der Waals surface area contributed by atoms with E-state index < -0.39 is 12.7 Å². The number of carbonyl (C=O) groups excluding carboxylic acids is 1. The topological polar surface area (TPSA) is 32.3 Å². The molecule has 0 atom stereocenters. The zero-order chi connectivity index (χ0) is 16.4. The Morgan fingerprint density at radius 1 is 1.26 bits per heavy atom. The van der Waals surface area contributed by atoms with E-state index in [9.17, 15) is 18.0 Å². The van der Waals surface area contributed by atoms with Crippen LogP contribution < -0.4 is 5.32 Å². The molecule has 122 valence electrons. The highest BCUT2D eigenvalue weighted by molar-refractivity contribution is 7.08. The Morgan fingerprint density at radius 2 is 2.09 bits per heavy atom. The van der Waals surface area contributed by atoms with E-state index in [0.29, 0.717) is 5.69 Å². The van der Waals surface area contributed by atoms with Gasteiger partial charge in [-0.05, 0) is 39.6 Å². The number of amides is 1. The van der Waals surface area contributed by atoms with Gasteiger partial charge in [-0.1, -0.05) is 12.1 Å². The molecule has 1 aliphatic rings. The third-order valence-electron chi connectivity index (χ3n) is 3.67. The first-order valence-corrected chi connectivity index (χ1v) is 8.06. The standard InChI is InChI=1S/C16H15F3N2OS/c17-16(18,19)10-21-7-12-2-1-3-14(13(12)8-21)20-15(22)6-11-4-5-23-9-11/h1-5,9H,6-8,10H2,(H,20,22). The molecule has 0 saturated heterocycles. The number of anilines is 1. The molecule has 3 rings (SSSR count). The molecule has 1 amide bonds. The van der Waals surface area contributed by atoms with E-state index in [-0.39, 0.29) is 25.4 Å². The van der Waals surface area contributed by atoms with Gasteiger partial charge in [-0.25, -0.2) is 0 Å². The van der Waals surface area contributed by atoms with Crippen LogP contribution in [-0.4, -0.2) is 23.5 Å². The largest absolute Gasteiger partial charge is 0.401 e. The molecule has 1 aromatic heterocycles. The van der Waals surface area contributed by atoms with Gasteiger partial charge in [0.15, 0.2) is 0 Å². The number of carbonyl (C=O) groups is 1. The minimum absolute atomic E-state index is 0.161. The van der Waals surface area contributed by atoms with E-state index in [1.165, 1.54) is 16.2 Å². The Balaban J connectivity index is 1.69. The zero-order valence-corrected chi connectivity index (χ0v) is 13.0. The van der Waals surface area contributed by atoms with Crippen molar-refractivity contribution in [3.8, 4) is 0 Å². The lowest BCUT2D eigenvalue weighted by Crippen LogP contribution is -2.30. The molecule has 2 heterocycles. The van der Waals surface area contributed by atoms with Crippen LogP contribution in [0.25, 0.3) is 0 Å². The van der Waals surface area contributed by atoms with Crippen LogP contribution in [0.3, 0.4) is 0 Å². The number of rotatable bonds is 4. The average molecular weight is 340 g/mol. The van der Waals surface area contributed by atoms with Crippen LogP contribution in [-0.2, 0) is 24.3 Å². The first kappa shape index (κ1) is 16.0. The highest BCUT2D eigenvalue weighted by Gasteiger charge is 2.34. The molecule has 23 heavy (non-hydrogen) atoms. The fourth-order valence-corrected chi connectivity index (χ4v) is 3.41. The highest BCUT2D eigenvalue weighted by Crippen LogP contribution is 2.31. The maximum Gasteiger partial charge on any atom is 0.401 e. The lowest BCUT2D eigenvalue weighted by Gasteiger charge is -2.17. The summed E-state index contributed by atoms with van der Waals surface area (Å²) >= 11 is 1.52. The highest BCUT2D eigenvalue weighted by atomic mass is 32.1. The normalized spacial score (nSPS) is 14.7. The van der Waals surface area contributed by atoms with E-state index >= 15 is 0 Å². The molecule has 0 fully saturated rings. The van der Waals surface area contributed by atoms with Gasteiger partial charge >= 0.3 is 6.18 Å². The molecule has 1 N–H and O–H groups in total. The van der Waals surface area contributed by atoms with E-state index in [0.717, 1.165) is 16.7 Å². The summed E-state index contributed by atoms with van der Waals surface area (Å²) in [5, 5.41) is 6.63. The van der Waals surface area contributed by atoms with E-state index in [4.69, 9.17) is 0 Å². The molecule has 3 nitrogen and oxygen atoms in total. The van der Waals surface area contributed by atoms with Crippen molar-refractivity contribution < 1.29 is 18.0 Å². The van der Waals surface area contributed by atoms with Crippen LogP contribution in [0.1, 0.15) is 16.7 Å². The molecule has 7 heteroatoms. The van der Waals surface area contributed by atoms with Crippen LogP contribution in [0, 0.1) is 0 Å². The molecule has 0 spiro atoms. The molecule has 0 saturated carbocycles. The number of thiophene rings is 1. The number of alkyl halides is 3. The monoisotopic (exact) mass is 340 g/mol. The Bertz CT molecular complexity index is 698. The Kier molecular flexibility index (Phi) is 4.41. The maximum atomic E-state index is 12.5. The number of nitrogens with zero attached hydrogens (tertiary/aromatic N) is 1. The van der Waals surface area contributed by atoms with E-state index in [1.807, 2.05) is 16.8 Å².